The number of pyridine rings is 1. The smallest absolute Gasteiger partial charge is 0.191 e. The molecule has 7 heteroatoms. The molecule has 1 fully saturated rings. The van der Waals surface area contributed by atoms with Crippen LogP contribution in [0.15, 0.2) is 23.3 Å². The second-order valence-corrected chi connectivity index (χ2v) is 8.06. The van der Waals surface area contributed by atoms with Crippen molar-refractivity contribution in [3.05, 3.63) is 24.1 Å². The van der Waals surface area contributed by atoms with E-state index in [1.54, 1.807) is 12.3 Å². The van der Waals surface area contributed by atoms with E-state index in [-0.39, 0.29) is 16.6 Å². The molecule has 1 saturated heterocycles. The molecule has 0 bridgehead atoms. The van der Waals surface area contributed by atoms with Gasteiger partial charge >= 0.3 is 0 Å². The number of halogens is 1. The molecule has 2 rings (SSSR count). The van der Waals surface area contributed by atoms with Crippen molar-refractivity contribution in [3.8, 4) is 0 Å². The Hall–Kier alpha value is -1.50. The largest absolute Gasteiger partial charge is 0.357 e. The minimum atomic E-state index is -0.263. The number of hydrogen-bond acceptors (Lipinski definition) is 4. The fourth-order valence-corrected chi connectivity index (χ4v) is 2.72. The molecule has 134 valence electrons. The maximum atomic E-state index is 13.9. The lowest BCUT2D eigenvalue weighted by molar-refractivity contribution is 0.612. The SMILES string of the molecule is CCNC(=NCC(C)(C)SC)NC1CCN(c2ncccc2F)C1. The highest BCUT2D eigenvalue weighted by atomic mass is 32.2. The number of nitrogens with zero attached hydrogens (tertiary/aromatic N) is 3. The molecular weight excluding hydrogens is 325 g/mol. The van der Waals surface area contributed by atoms with E-state index in [0.717, 1.165) is 38.6 Å². The van der Waals surface area contributed by atoms with Gasteiger partial charge in [0.25, 0.3) is 0 Å². The van der Waals surface area contributed by atoms with Crippen molar-refractivity contribution >= 4 is 23.5 Å². The van der Waals surface area contributed by atoms with Gasteiger partial charge in [-0.15, -0.1) is 0 Å². The molecule has 1 aliphatic rings. The fourth-order valence-electron chi connectivity index (χ4n) is 2.53. The molecule has 1 atom stereocenters. The molecule has 1 aromatic heterocycles. The van der Waals surface area contributed by atoms with Gasteiger partial charge in [-0.05, 0) is 45.6 Å². The van der Waals surface area contributed by atoms with E-state index in [0.29, 0.717) is 5.82 Å². The molecule has 0 saturated carbocycles. The first-order valence-electron chi connectivity index (χ1n) is 8.40. The van der Waals surface area contributed by atoms with Gasteiger partial charge in [-0.2, -0.15) is 11.8 Å². The molecule has 24 heavy (non-hydrogen) atoms. The van der Waals surface area contributed by atoms with Crippen LogP contribution in [0, 0.1) is 5.82 Å². The van der Waals surface area contributed by atoms with E-state index in [4.69, 9.17) is 4.99 Å². The molecule has 1 aromatic rings. The second kappa shape index (κ2) is 8.55. The Morgan fingerprint density at radius 2 is 2.33 bits per heavy atom. The number of thioether (sulfide) groups is 1. The molecule has 0 amide bonds. The molecule has 1 aliphatic heterocycles. The van der Waals surface area contributed by atoms with Gasteiger partial charge in [0, 0.05) is 36.6 Å². The molecule has 1 unspecified atom stereocenters. The normalized spacial score (nSPS) is 18.8. The number of aliphatic imine (C=N–C) groups is 1. The number of aromatic nitrogens is 1. The number of rotatable bonds is 6. The minimum Gasteiger partial charge on any atom is -0.357 e. The van der Waals surface area contributed by atoms with Gasteiger partial charge in [0.15, 0.2) is 17.6 Å². The third-order valence-corrected chi connectivity index (χ3v) is 5.32. The van der Waals surface area contributed by atoms with E-state index >= 15 is 0 Å². The summed E-state index contributed by atoms with van der Waals surface area (Å²) >= 11 is 1.81. The number of guanidine groups is 1. The Kier molecular flexibility index (Phi) is 6.71. The first-order chi connectivity index (χ1) is 11.4. The van der Waals surface area contributed by atoms with Crippen molar-refractivity contribution in [2.45, 2.75) is 38.0 Å². The van der Waals surface area contributed by atoms with Crippen LogP contribution in [0.2, 0.25) is 0 Å². The summed E-state index contributed by atoms with van der Waals surface area (Å²) in [5.74, 6) is 1.00. The first kappa shape index (κ1) is 18.8. The summed E-state index contributed by atoms with van der Waals surface area (Å²) in [5.41, 5.74) is 0. The number of hydrogen-bond donors (Lipinski definition) is 2. The number of anilines is 1. The summed E-state index contributed by atoms with van der Waals surface area (Å²) in [6, 6.07) is 3.31. The Balaban J connectivity index is 1.96. The highest BCUT2D eigenvalue weighted by Gasteiger charge is 2.26. The summed E-state index contributed by atoms with van der Waals surface area (Å²) in [5, 5.41) is 6.76. The van der Waals surface area contributed by atoms with Crippen LogP contribution in [0.1, 0.15) is 27.2 Å². The van der Waals surface area contributed by atoms with Crippen molar-refractivity contribution in [2.75, 3.05) is 37.3 Å². The van der Waals surface area contributed by atoms with Crippen LogP contribution in [0.4, 0.5) is 10.2 Å². The van der Waals surface area contributed by atoms with Crippen LogP contribution in [0.25, 0.3) is 0 Å². The van der Waals surface area contributed by atoms with Crippen molar-refractivity contribution < 1.29 is 4.39 Å². The van der Waals surface area contributed by atoms with Crippen molar-refractivity contribution in [1.82, 2.24) is 15.6 Å². The first-order valence-corrected chi connectivity index (χ1v) is 9.63. The molecular formula is C17H28FN5S. The van der Waals surface area contributed by atoms with Gasteiger partial charge in [-0.25, -0.2) is 9.37 Å². The summed E-state index contributed by atoms with van der Waals surface area (Å²) in [4.78, 5) is 10.9. The van der Waals surface area contributed by atoms with Crippen molar-refractivity contribution in [1.29, 1.82) is 0 Å². The summed E-state index contributed by atoms with van der Waals surface area (Å²) in [7, 11) is 0. The van der Waals surface area contributed by atoms with Crippen LogP contribution >= 0.6 is 11.8 Å². The maximum Gasteiger partial charge on any atom is 0.191 e. The van der Waals surface area contributed by atoms with Crippen molar-refractivity contribution in [3.63, 3.8) is 0 Å². The van der Waals surface area contributed by atoms with E-state index < -0.39 is 0 Å². The van der Waals surface area contributed by atoms with Gasteiger partial charge in [-0.1, -0.05) is 0 Å². The predicted octanol–water partition coefficient (Wildman–Crippen LogP) is 2.50. The van der Waals surface area contributed by atoms with Gasteiger partial charge in [-0.3, -0.25) is 4.99 Å². The molecule has 0 radical (unpaired) electrons. The van der Waals surface area contributed by atoms with E-state index in [2.05, 4.69) is 42.6 Å². The zero-order valence-electron chi connectivity index (χ0n) is 15.0. The second-order valence-electron chi connectivity index (χ2n) is 6.54. The monoisotopic (exact) mass is 353 g/mol. The summed E-state index contributed by atoms with van der Waals surface area (Å²) < 4.78 is 14.0. The Bertz CT molecular complexity index is 564. The Morgan fingerprint density at radius 3 is 3.00 bits per heavy atom. The lowest BCUT2D eigenvalue weighted by atomic mass is 10.2. The van der Waals surface area contributed by atoms with E-state index in [9.17, 15) is 4.39 Å². The Labute approximate surface area is 148 Å². The molecule has 5 nitrogen and oxygen atoms in total. The van der Waals surface area contributed by atoms with Crippen LogP contribution in [0.3, 0.4) is 0 Å². The van der Waals surface area contributed by atoms with Crippen LogP contribution in [-0.2, 0) is 0 Å². The van der Waals surface area contributed by atoms with Crippen LogP contribution in [-0.4, -0.2) is 54.2 Å². The third-order valence-electron chi connectivity index (χ3n) is 4.08. The quantitative estimate of drug-likeness (QED) is 0.608. The predicted molar refractivity (Wildman–Crippen MR) is 102 cm³/mol. The number of nitrogens with one attached hydrogen (secondary N) is 2. The summed E-state index contributed by atoms with van der Waals surface area (Å²) in [6.07, 6.45) is 4.67. The van der Waals surface area contributed by atoms with E-state index in [1.807, 2.05) is 16.7 Å². The lowest BCUT2D eigenvalue weighted by Crippen LogP contribution is -2.45. The standard InChI is InChI=1S/C17H28FN5S/c1-5-19-16(21-12-17(2,3)24-4)22-13-8-10-23(11-13)15-14(18)7-6-9-20-15/h6-7,9,13H,5,8,10-12H2,1-4H3,(H2,19,21,22). The zero-order chi connectivity index (χ0) is 17.6. The van der Waals surface area contributed by atoms with E-state index in [1.165, 1.54) is 6.07 Å². The minimum absolute atomic E-state index is 0.112. The molecule has 2 heterocycles. The fraction of sp³-hybridized carbons (Fsp3) is 0.647. The molecule has 2 N–H and O–H groups in total. The highest BCUT2D eigenvalue weighted by molar-refractivity contribution is 7.99. The third kappa shape index (κ3) is 5.26. The molecule has 0 aliphatic carbocycles. The zero-order valence-corrected chi connectivity index (χ0v) is 15.8. The van der Waals surface area contributed by atoms with Gasteiger partial charge in [0.2, 0.25) is 0 Å². The molecule has 0 aromatic carbocycles. The topological polar surface area (TPSA) is 52.6 Å². The van der Waals surface area contributed by atoms with Gasteiger partial charge < -0.3 is 15.5 Å². The maximum absolute atomic E-state index is 13.9. The average molecular weight is 354 g/mol. The lowest BCUT2D eigenvalue weighted by Gasteiger charge is -2.22. The average Bonchev–Trinajstić information content (AvgIpc) is 3.02. The van der Waals surface area contributed by atoms with Crippen molar-refractivity contribution in [2.24, 2.45) is 4.99 Å². The van der Waals surface area contributed by atoms with Crippen LogP contribution in [0.5, 0.6) is 0 Å². The van der Waals surface area contributed by atoms with Gasteiger partial charge in [0.1, 0.15) is 0 Å². The molecule has 0 spiro atoms. The van der Waals surface area contributed by atoms with Gasteiger partial charge in [0.05, 0.1) is 6.54 Å². The highest BCUT2D eigenvalue weighted by Crippen LogP contribution is 2.22. The Morgan fingerprint density at radius 1 is 1.54 bits per heavy atom. The summed E-state index contributed by atoms with van der Waals surface area (Å²) in [6.45, 7) is 9.51. The van der Waals surface area contributed by atoms with Crippen LogP contribution < -0.4 is 15.5 Å².